The Balaban J connectivity index is 2.47. The summed E-state index contributed by atoms with van der Waals surface area (Å²) >= 11 is 6.13. The molecule has 0 aromatic heterocycles. The molecule has 1 aromatic rings. The Labute approximate surface area is 108 Å². The summed E-state index contributed by atoms with van der Waals surface area (Å²) in [6.07, 6.45) is 1.13. The molecule has 17 heavy (non-hydrogen) atoms. The lowest BCUT2D eigenvalue weighted by atomic mass is 10.2. The van der Waals surface area contributed by atoms with Crippen LogP contribution in [0.5, 0.6) is 5.75 Å². The van der Waals surface area contributed by atoms with E-state index < -0.39 is 0 Å². The van der Waals surface area contributed by atoms with Crippen LogP contribution in [0.2, 0.25) is 5.02 Å². The largest absolute Gasteiger partial charge is 0.490 e. The lowest BCUT2D eigenvalue weighted by Gasteiger charge is -2.09. The highest BCUT2D eigenvalue weighted by molar-refractivity contribution is 6.32. The smallest absolute Gasteiger partial charge is 0.138 e. The van der Waals surface area contributed by atoms with Crippen molar-refractivity contribution < 1.29 is 9.47 Å². The van der Waals surface area contributed by atoms with E-state index in [-0.39, 0.29) is 0 Å². The maximum absolute atomic E-state index is 6.13. The third-order valence-corrected chi connectivity index (χ3v) is 2.59. The molecule has 0 bridgehead atoms. The number of halogens is 1. The van der Waals surface area contributed by atoms with E-state index in [1.807, 2.05) is 18.2 Å². The van der Waals surface area contributed by atoms with Gasteiger partial charge in [0.15, 0.2) is 0 Å². The molecule has 0 aliphatic carbocycles. The highest BCUT2D eigenvalue weighted by atomic mass is 35.5. The first kappa shape index (κ1) is 14.3. The molecular weight excluding hydrogens is 238 g/mol. The lowest BCUT2D eigenvalue weighted by Crippen LogP contribution is -2.13. The van der Waals surface area contributed by atoms with Crippen LogP contribution in [0.15, 0.2) is 18.2 Å². The van der Waals surface area contributed by atoms with Gasteiger partial charge >= 0.3 is 0 Å². The minimum Gasteiger partial charge on any atom is -0.490 e. The monoisotopic (exact) mass is 257 g/mol. The molecule has 0 radical (unpaired) electrons. The molecular formula is C13H20ClNO2. The van der Waals surface area contributed by atoms with Crippen LogP contribution in [-0.2, 0) is 11.3 Å². The Morgan fingerprint density at radius 3 is 2.76 bits per heavy atom. The van der Waals surface area contributed by atoms with Crippen LogP contribution in [0.1, 0.15) is 18.9 Å². The predicted octanol–water partition coefficient (Wildman–Crippen LogP) is 2.86. The molecule has 0 aliphatic rings. The van der Waals surface area contributed by atoms with Gasteiger partial charge in [-0.2, -0.15) is 0 Å². The van der Waals surface area contributed by atoms with Crippen molar-refractivity contribution in [1.29, 1.82) is 0 Å². The quantitative estimate of drug-likeness (QED) is 0.727. The molecule has 1 N–H and O–H groups in total. The zero-order valence-electron chi connectivity index (χ0n) is 10.5. The second kappa shape index (κ2) is 8.34. The second-order valence-corrected chi connectivity index (χ2v) is 4.19. The molecule has 0 amide bonds. The fourth-order valence-electron chi connectivity index (χ4n) is 1.42. The number of benzene rings is 1. The zero-order chi connectivity index (χ0) is 12.5. The Kier molecular flexibility index (Phi) is 7.01. The molecule has 1 aromatic carbocycles. The van der Waals surface area contributed by atoms with Crippen molar-refractivity contribution in [3.8, 4) is 5.75 Å². The van der Waals surface area contributed by atoms with Gasteiger partial charge in [0.25, 0.3) is 0 Å². The van der Waals surface area contributed by atoms with E-state index >= 15 is 0 Å². The van der Waals surface area contributed by atoms with Crippen LogP contribution in [0, 0.1) is 0 Å². The van der Waals surface area contributed by atoms with Crippen molar-refractivity contribution in [1.82, 2.24) is 5.32 Å². The minimum atomic E-state index is 0.518. The number of hydrogen-bond acceptors (Lipinski definition) is 3. The third kappa shape index (κ3) is 5.39. The fourth-order valence-corrected chi connectivity index (χ4v) is 1.67. The zero-order valence-corrected chi connectivity index (χ0v) is 11.2. The number of hydrogen-bond donors (Lipinski definition) is 1. The third-order valence-electron chi connectivity index (χ3n) is 2.30. The van der Waals surface area contributed by atoms with E-state index in [1.54, 1.807) is 7.11 Å². The van der Waals surface area contributed by atoms with E-state index in [0.29, 0.717) is 24.0 Å². The first-order valence-corrected chi connectivity index (χ1v) is 6.26. The van der Waals surface area contributed by atoms with Crippen LogP contribution in [0.25, 0.3) is 0 Å². The lowest BCUT2D eigenvalue weighted by molar-refractivity contribution is 0.146. The van der Waals surface area contributed by atoms with Crippen molar-refractivity contribution in [2.75, 3.05) is 26.9 Å². The van der Waals surface area contributed by atoms with E-state index in [2.05, 4.69) is 12.2 Å². The highest BCUT2D eigenvalue weighted by Gasteiger charge is 2.02. The molecule has 0 spiro atoms. The molecule has 0 aliphatic heterocycles. The molecule has 96 valence electrons. The number of nitrogens with one attached hydrogen (secondary N) is 1. The van der Waals surface area contributed by atoms with Gasteiger partial charge in [0.1, 0.15) is 12.4 Å². The first-order valence-electron chi connectivity index (χ1n) is 5.88. The summed E-state index contributed by atoms with van der Waals surface area (Å²) in [6.45, 7) is 5.09. The van der Waals surface area contributed by atoms with E-state index in [0.717, 1.165) is 19.5 Å². The molecule has 0 atom stereocenters. The number of methoxy groups -OCH3 is 1. The van der Waals surface area contributed by atoms with Crippen molar-refractivity contribution in [3.05, 3.63) is 28.8 Å². The van der Waals surface area contributed by atoms with Crippen molar-refractivity contribution in [2.24, 2.45) is 0 Å². The average Bonchev–Trinajstić information content (AvgIpc) is 2.32. The summed E-state index contributed by atoms with van der Waals surface area (Å²) in [4.78, 5) is 0. The summed E-state index contributed by atoms with van der Waals surface area (Å²) in [5.41, 5.74) is 1.17. The maximum Gasteiger partial charge on any atom is 0.138 e. The molecule has 0 unspecified atom stereocenters. The average molecular weight is 258 g/mol. The fraction of sp³-hybridized carbons (Fsp3) is 0.538. The number of ether oxygens (including phenoxy) is 2. The van der Waals surface area contributed by atoms with Gasteiger partial charge in [0.2, 0.25) is 0 Å². The van der Waals surface area contributed by atoms with E-state index in [4.69, 9.17) is 21.1 Å². The summed E-state index contributed by atoms with van der Waals surface area (Å²) in [6, 6.07) is 5.87. The topological polar surface area (TPSA) is 30.5 Å². The second-order valence-electron chi connectivity index (χ2n) is 3.78. The summed E-state index contributed by atoms with van der Waals surface area (Å²) < 4.78 is 10.4. The van der Waals surface area contributed by atoms with Crippen LogP contribution < -0.4 is 10.1 Å². The molecule has 4 heteroatoms. The van der Waals surface area contributed by atoms with Crippen LogP contribution in [0.3, 0.4) is 0 Å². The SMILES string of the molecule is CCCNCc1ccc(OCCOC)c(Cl)c1. The Bertz CT molecular complexity index is 331. The van der Waals surface area contributed by atoms with Crippen molar-refractivity contribution in [3.63, 3.8) is 0 Å². The standard InChI is InChI=1S/C13H20ClNO2/c1-3-6-15-10-11-4-5-13(12(14)9-11)17-8-7-16-2/h4-5,9,15H,3,6-8,10H2,1-2H3. The normalized spacial score (nSPS) is 10.5. The Hall–Kier alpha value is -0.770. The molecule has 0 saturated carbocycles. The van der Waals surface area contributed by atoms with E-state index in [1.165, 1.54) is 5.56 Å². The van der Waals surface area contributed by atoms with Gasteiger partial charge < -0.3 is 14.8 Å². The Morgan fingerprint density at radius 2 is 2.12 bits per heavy atom. The van der Waals surface area contributed by atoms with Gasteiger partial charge in [0, 0.05) is 13.7 Å². The van der Waals surface area contributed by atoms with Gasteiger partial charge in [-0.25, -0.2) is 0 Å². The first-order chi connectivity index (χ1) is 8.27. The molecule has 0 saturated heterocycles. The highest BCUT2D eigenvalue weighted by Crippen LogP contribution is 2.25. The molecule has 1 rings (SSSR count). The van der Waals surface area contributed by atoms with Crippen LogP contribution in [-0.4, -0.2) is 26.9 Å². The van der Waals surface area contributed by atoms with Gasteiger partial charge in [-0.15, -0.1) is 0 Å². The molecule has 0 heterocycles. The van der Waals surface area contributed by atoms with E-state index in [9.17, 15) is 0 Å². The molecule has 3 nitrogen and oxygen atoms in total. The summed E-state index contributed by atoms with van der Waals surface area (Å²) in [7, 11) is 1.65. The van der Waals surface area contributed by atoms with Crippen molar-refractivity contribution >= 4 is 11.6 Å². The van der Waals surface area contributed by atoms with Gasteiger partial charge in [-0.3, -0.25) is 0 Å². The Morgan fingerprint density at radius 1 is 1.29 bits per heavy atom. The summed E-state index contributed by atoms with van der Waals surface area (Å²) in [5, 5.41) is 3.98. The van der Waals surface area contributed by atoms with Gasteiger partial charge in [0.05, 0.1) is 11.6 Å². The van der Waals surface area contributed by atoms with Crippen molar-refractivity contribution in [2.45, 2.75) is 19.9 Å². The van der Waals surface area contributed by atoms with Gasteiger partial charge in [-0.05, 0) is 30.7 Å². The maximum atomic E-state index is 6.13. The van der Waals surface area contributed by atoms with Crippen LogP contribution in [0.4, 0.5) is 0 Å². The van der Waals surface area contributed by atoms with Gasteiger partial charge in [-0.1, -0.05) is 24.6 Å². The number of rotatable bonds is 8. The molecule has 0 fully saturated rings. The summed E-state index contributed by atoms with van der Waals surface area (Å²) in [5.74, 6) is 0.711. The van der Waals surface area contributed by atoms with Crippen LogP contribution >= 0.6 is 11.6 Å². The minimum absolute atomic E-state index is 0.518. The predicted molar refractivity (Wildman–Crippen MR) is 70.8 cm³/mol.